The van der Waals surface area contributed by atoms with E-state index >= 15 is 0 Å². The highest BCUT2D eigenvalue weighted by Gasteiger charge is 2.35. The average molecular weight is 412 g/mol. The molecule has 0 saturated carbocycles. The number of hydrogen-bond donors (Lipinski definition) is 1. The van der Waals surface area contributed by atoms with Gasteiger partial charge in [0.2, 0.25) is 5.91 Å². The second-order valence-corrected chi connectivity index (χ2v) is 8.78. The van der Waals surface area contributed by atoms with Crippen molar-refractivity contribution in [2.45, 2.75) is 58.4 Å². The van der Waals surface area contributed by atoms with Gasteiger partial charge in [0.05, 0.1) is 11.2 Å². The fraction of sp³-hybridized carbons (Fsp3) is 0.417. The zero-order valence-electron chi connectivity index (χ0n) is 17.7. The molecule has 5 heteroatoms. The molecule has 0 bridgehead atoms. The number of amides is 1. The number of carbonyl (C=O) groups excluding carboxylic acids is 1. The Kier molecular flexibility index (Phi) is 6.63. The molecule has 4 nitrogen and oxygen atoms in total. The van der Waals surface area contributed by atoms with Crippen LogP contribution in [0.2, 0.25) is 5.02 Å². The number of rotatable bonds is 6. The van der Waals surface area contributed by atoms with E-state index in [1.54, 1.807) is 6.21 Å². The Labute approximate surface area is 179 Å². The third-order valence-corrected chi connectivity index (χ3v) is 6.02. The summed E-state index contributed by atoms with van der Waals surface area (Å²) in [5.74, 6) is 0.333. The number of anilines is 1. The van der Waals surface area contributed by atoms with Gasteiger partial charge in [0.15, 0.2) is 0 Å². The maximum Gasteiger partial charge on any atom is 0.240 e. The summed E-state index contributed by atoms with van der Waals surface area (Å²) in [6, 6.07) is 14.1. The van der Waals surface area contributed by atoms with E-state index in [9.17, 15) is 4.79 Å². The first-order chi connectivity index (χ1) is 13.8. The highest BCUT2D eigenvalue weighted by molar-refractivity contribution is 6.33. The molecule has 1 unspecified atom stereocenters. The van der Waals surface area contributed by atoms with E-state index in [1.165, 1.54) is 11.3 Å². The number of aryl methyl sites for hydroxylation is 1. The van der Waals surface area contributed by atoms with Crippen molar-refractivity contribution in [1.82, 2.24) is 5.43 Å². The van der Waals surface area contributed by atoms with Crippen LogP contribution in [-0.2, 0) is 11.2 Å². The minimum absolute atomic E-state index is 0.104. The van der Waals surface area contributed by atoms with Gasteiger partial charge in [-0.25, -0.2) is 5.43 Å². The second-order valence-electron chi connectivity index (χ2n) is 8.37. The normalized spacial score (nSPS) is 18.0. The number of nitrogens with one attached hydrogen (secondary N) is 1. The molecule has 0 fully saturated rings. The maximum atomic E-state index is 12.1. The van der Waals surface area contributed by atoms with Crippen molar-refractivity contribution >= 4 is 29.4 Å². The number of fused-ring (bicyclic) bond motifs is 1. The van der Waals surface area contributed by atoms with Crippen molar-refractivity contribution in [3.8, 4) is 0 Å². The van der Waals surface area contributed by atoms with Crippen LogP contribution in [0.1, 0.15) is 63.1 Å². The molecular formula is C24H30ClN3O. The Morgan fingerprint density at radius 1 is 1.31 bits per heavy atom. The van der Waals surface area contributed by atoms with E-state index in [0.717, 1.165) is 24.1 Å². The van der Waals surface area contributed by atoms with Crippen LogP contribution in [0, 0.1) is 0 Å². The van der Waals surface area contributed by atoms with Crippen LogP contribution in [0.3, 0.4) is 0 Å². The fourth-order valence-electron chi connectivity index (χ4n) is 4.35. The predicted octanol–water partition coefficient (Wildman–Crippen LogP) is 5.54. The molecule has 29 heavy (non-hydrogen) atoms. The molecule has 3 rings (SSSR count). The zero-order valence-corrected chi connectivity index (χ0v) is 18.5. The molecule has 1 heterocycles. The second kappa shape index (κ2) is 9.00. The van der Waals surface area contributed by atoms with E-state index in [-0.39, 0.29) is 11.4 Å². The molecule has 1 aliphatic rings. The monoisotopic (exact) mass is 411 g/mol. The quantitative estimate of drug-likeness (QED) is 0.501. The highest BCUT2D eigenvalue weighted by atomic mass is 35.5. The van der Waals surface area contributed by atoms with E-state index < -0.39 is 0 Å². The summed E-state index contributed by atoms with van der Waals surface area (Å²) in [6.45, 7) is 9.94. The lowest BCUT2D eigenvalue weighted by atomic mass is 9.79. The summed E-state index contributed by atoms with van der Waals surface area (Å²) in [4.78, 5) is 14.5. The highest BCUT2D eigenvalue weighted by Crippen LogP contribution is 2.44. The smallest absolute Gasteiger partial charge is 0.240 e. The Morgan fingerprint density at radius 2 is 2.03 bits per heavy atom. The zero-order chi connectivity index (χ0) is 21.0. The van der Waals surface area contributed by atoms with Gasteiger partial charge in [-0.15, -0.1) is 0 Å². The predicted molar refractivity (Wildman–Crippen MR) is 122 cm³/mol. The van der Waals surface area contributed by atoms with Gasteiger partial charge < -0.3 is 4.90 Å². The molecule has 1 aliphatic heterocycles. The SMILES string of the molecule is CCN1c2cc(Cl)c(/C=N/NC(=O)CCc3ccccc3)cc2C(C)CC1(C)C. The van der Waals surface area contributed by atoms with Gasteiger partial charge in [-0.05, 0) is 62.8 Å². The van der Waals surface area contributed by atoms with Crippen LogP contribution < -0.4 is 10.3 Å². The molecule has 0 aliphatic carbocycles. The van der Waals surface area contributed by atoms with Crippen molar-refractivity contribution in [1.29, 1.82) is 0 Å². The summed E-state index contributed by atoms with van der Waals surface area (Å²) in [5.41, 5.74) is 7.17. The Morgan fingerprint density at radius 3 is 2.72 bits per heavy atom. The number of benzene rings is 2. The molecule has 1 amide bonds. The summed E-state index contributed by atoms with van der Waals surface area (Å²) in [6.07, 6.45) is 3.83. The van der Waals surface area contributed by atoms with Crippen molar-refractivity contribution in [3.05, 3.63) is 64.2 Å². The molecular weight excluding hydrogens is 382 g/mol. The van der Waals surface area contributed by atoms with Crippen LogP contribution in [0.15, 0.2) is 47.6 Å². The van der Waals surface area contributed by atoms with Crippen LogP contribution in [0.5, 0.6) is 0 Å². The van der Waals surface area contributed by atoms with Gasteiger partial charge in [-0.3, -0.25) is 4.79 Å². The number of hydrazone groups is 1. The van der Waals surface area contributed by atoms with E-state index in [0.29, 0.717) is 23.8 Å². The number of hydrogen-bond acceptors (Lipinski definition) is 3. The van der Waals surface area contributed by atoms with Gasteiger partial charge in [-0.1, -0.05) is 48.9 Å². The molecule has 0 radical (unpaired) electrons. The minimum atomic E-state index is -0.105. The van der Waals surface area contributed by atoms with E-state index in [1.807, 2.05) is 36.4 Å². The third-order valence-electron chi connectivity index (χ3n) is 5.70. The van der Waals surface area contributed by atoms with Crippen molar-refractivity contribution < 1.29 is 4.79 Å². The third kappa shape index (κ3) is 4.99. The topological polar surface area (TPSA) is 44.7 Å². The van der Waals surface area contributed by atoms with Crippen LogP contribution in [0.25, 0.3) is 0 Å². The van der Waals surface area contributed by atoms with Gasteiger partial charge in [0.25, 0.3) is 0 Å². The maximum absolute atomic E-state index is 12.1. The van der Waals surface area contributed by atoms with Crippen molar-refractivity contribution in [2.24, 2.45) is 5.10 Å². The molecule has 1 N–H and O–H groups in total. The summed E-state index contributed by atoms with van der Waals surface area (Å²) in [7, 11) is 0. The van der Waals surface area contributed by atoms with Crippen LogP contribution in [0.4, 0.5) is 5.69 Å². The van der Waals surface area contributed by atoms with Gasteiger partial charge >= 0.3 is 0 Å². The number of nitrogens with zero attached hydrogens (tertiary/aromatic N) is 2. The first-order valence-corrected chi connectivity index (χ1v) is 10.7. The lowest BCUT2D eigenvalue weighted by Crippen LogP contribution is -2.48. The van der Waals surface area contributed by atoms with Gasteiger partial charge in [0, 0.05) is 29.8 Å². The average Bonchev–Trinajstić information content (AvgIpc) is 2.68. The van der Waals surface area contributed by atoms with Crippen LogP contribution in [-0.4, -0.2) is 24.2 Å². The van der Waals surface area contributed by atoms with Crippen molar-refractivity contribution in [2.75, 3.05) is 11.4 Å². The lowest BCUT2D eigenvalue weighted by molar-refractivity contribution is -0.121. The molecule has 0 aromatic heterocycles. The van der Waals surface area contributed by atoms with Gasteiger partial charge in [-0.2, -0.15) is 5.10 Å². The largest absolute Gasteiger partial charge is 0.366 e. The standard InChI is InChI=1S/C24H30ClN3O/c1-5-28-22-14-21(25)19(13-20(22)17(2)15-24(28,3)4)16-26-27-23(29)12-11-18-9-7-6-8-10-18/h6-10,13-14,16-17H,5,11-12,15H2,1-4H3,(H,27,29)/b26-16+. The molecule has 0 spiro atoms. The lowest BCUT2D eigenvalue weighted by Gasteiger charge is -2.47. The first-order valence-electron chi connectivity index (χ1n) is 10.3. The Bertz CT molecular complexity index is 892. The Balaban J connectivity index is 1.69. The summed E-state index contributed by atoms with van der Waals surface area (Å²) in [5, 5.41) is 4.78. The Hall–Kier alpha value is -2.33. The van der Waals surface area contributed by atoms with Crippen LogP contribution >= 0.6 is 11.6 Å². The fourth-order valence-corrected chi connectivity index (χ4v) is 4.56. The summed E-state index contributed by atoms with van der Waals surface area (Å²) < 4.78 is 0. The molecule has 154 valence electrons. The molecule has 2 aromatic carbocycles. The van der Waals surface area contributed by atoms with Gasteiger partial charge in [0.1, 0.15) is 0 Å². The first kappa shape index (κ1) is 21.4. The molecule has 1 atom stereocenters. The summed E-state index contributed by atoms with van der Waals surface area (Å²) >= 11 is 6.55. The minimum Gasteiger partial charge on any atom is -0.366 e. The van der Waals surface area contributed by atoms with E-state index in [4.69, 9.17) is 11.6 Å². The molecule has 0 saturated heterocycles. The van der Waals surface area contributed by atoms with E-state index in [2.05, 4.69) is 49.2 Å². The number of carbonyl (C=O) groups is 1. The number of halogens is 1. The molecule has 2 aromatic rings. The van der Waals surface area contributed by atoms with Crippen molar-refractivity contribution in [3.63, 3.8) is 0 Å².